The fourth-order valence-corrected chi connectivity index (χ4v) is 5.49. The highest BCUT2D eigenvalue weighted by molar-refractivity contribution is 5.82. The minimum Gasteiger partial charge on any atom is -0.493 e. The normalized spacial score (nSPS) is 18.2. The highest BCUT2D eigenvalue weighted by Crippen LogP contribution is 2.21. The van der Waals surface area contributed by atoms with Gasteiger partial charge in [-0.25, -0.2) is 4.98 Å². The van der Waals surface area contributed by atoms with Gasteiger partial charge in [0.25, 0.3) is 0 Å². The molecule has 2 amide bonds. The van der Waals surface area contributed by atoms with E-state index in [2.05, 4.69) is 17.1 Å². The van der Waals surface area contributed by atoms with Crippen LogP contribution >= 0.6 is 0 Å². The summed E-state index contributed by atoms with van der Waals surface area (Å²) in [4.78, 5) is 35.8. The highest BCUT2D eigenvalue weighted by Gasteiger charge is 2.32. The predicted octanol–water partition coefficient (Wildman–Crippen LogP) is 3.79. The SMILES string of the molecule is N#C[C@@H]1CCCN1C(=O)CN(CC(=O)N1CCC[C@H]1C#N)Cc1ccc(OCCc2coc(-c3ccccc3)n2)cc1. The van der Waals surface area contributed by atoms with Crippen molar-refractivity contribution in [3.63, 3.8) is 0 Å². The third kappa shape index (κ3) is 7.15. The first-order valence-corrected chi connectivity index (χ1v) is 14.4. The number of likely N-dealkylation sites (tertiary alicyclic amines) is 2. The van der Waals surface area contributed by atoms with Gasteiger partial charge in [0, 0.05) is 31.6 Å². The van der Waals surface area contributed by atoms with E-state index < -0.39 is 12.1 Å². The first-order valence-electron chi connectivity index (χ1n) is 14.4. The lowest BCUT2D eigenvalue weighted by Gasteiger charge is -2.28. The molecule has 2 atom stereocenters. The summed E-state index contributed by atoms with van der Waals surface area (Å²) in [6, 6.07) is 20.9. The van der Waals surface area contributed by atoms with Crippen LogP contribution in [0, 0.1) is 22.7 Å². The van der Waals surface area contributed by atoms with Crippen LogP contribution in [0.3, 0.4) is 0 Å². The number of benzene rings is 2. The quantitative estimate of drug-likeness (QED) is 0.343. The zero-order chi connectivity index (χ0) is 29.3. The van der Waals surface area contributed by atoms with Gasteiger partial charge in [-0.3, -0.25) is 14.5 Å². The molecule has 2 aromatic carbocycles. The average Bonchev–Trinajstić information content (AvgIpc) is 3.79. The molecule has 3 heterocycles. The lowest BCUT2D eigenvalue weighted by Crippen LogP contribution is -2.46. The number of nitriles is 2. The Morgan fingerprint density at radius 1 is 0.929 bits per heavy atom. The van der Waals surface area contributed by atoms with Crippen molar-refractivity contribution in [1.82, 2.24) is 19.7 Å². The number of aromatic nitrogens is 1. The van der Waals surface area contributed by atoms with Crippen LogP contribution in [0.5, 0.6) is 5.75 Å². The molecule has 0 aliphatic carbocycles. The summed E-state index contributed by atoms with van der Waals surface area (Å²) >= 11 is 0. The zero-order valence-corrected chi connectivity index (χ0v) is 23.5. The van der Waals surface area contributed by atoms with E-state index in [-0.39, 0.29) is 24.9 Å². The molecule has 10 heteroatoms. The highest BCUT2D eigenvalue weighted by atomic mass is 16.5. The van der Waals surface area contributed by atoms with E-state index in [1.54, 1.807) is 21.0 Å². The second-order valence-electron chi connectivity index (χ2n) is 10.6. The van der Waals surface area contributed by atoms with Gasteiger partial charge >= 0.3 is 0 Å². The largest absolute Gasteiger partial charge is 0.493 e. The van der Waals surface area contributed by atoms with Crippen molar-refractivity contribution >= 4 is 11.8 Å². The number of hydrogen-bond acceptors (Lipinski definition) is 8. The number of carbonyl (C=O) groups excluding carboxylic acids is 2. The molecule has 2 saturated heterocycles. The molecule has 2 fully saturated rings. The lowest BCUT2D eigenvalue weighted by atomic mass is 10.2. The summed E-state index contributed by atoms with van der Waals surface area (Å²) in [7, 11) is 0. The Kier molecular flexibility index (Phi) is 9.48. The molecule has 0 saturated carbocycles. The Morgan fingerprint density at radius 2 is 1.55 bits per heavy atom. The minimum absolute atomic E-state index is 0.0237. The summed E-state index contributed by atoms with van der Waals surface area (Å²) in [5.74, 6) is 0.964. The summed E-state index contributed by atoms with van der Waals surface area (Å²) in [5, 5.41) is 18.9. The van der Waals surface area contributed by atoms with Gasteiger partial charge in [0.15, 0.2) is 0 Å². The summed E-state index contributed by atoms with van der Waals surface area (Å²) in [6.45, 7) is 1.95. The van der Waals surface area contributed by atoms with Crippen LogP contribution in [0.15, 0.2) is 65.3 Å². The first kappa shape index (κ1) is 28.8. The number of oxazole rings is 1. The lowest BCUT2D eigenvalue weighted by molar-refractivity contribution is -0.136. The molecular formula is C32H34N6O4. The Bertz CT molecular complexity index is 1400. The van der Waals surface area contributed by atoms with Crippen molar-refractivity contribution in [1.29, 1.82) is 10.5 Å². The van der Waals surface area contributed by atoms with Crippen LogP contribution in [-0.2, 0) is 22.6 Å². The van der Waals surface area contributed by atoms with E-state index in [1.807, 2.05) is 54.6 Å². The van der Waals surface area contributed by atoms with Crippen molar-refractivity contribution in [3.8, 4) is 29.3 Å². The van der Waals surface area contributed by atoms with E-state index in [1.165, 1.54) is 0 Å². The van der Waals surface area contributed by atoms with Crippen molar-refractivity contribution < 1.29 is 18.7 Å². The Balaban J connectivity index is 1.18. The molecule has 0 unspecified atom stereocenters. The standard InChI is InChI=1S/C32H34N6O4/c33-18-27-8-4-15-37(27)30(39)21-36(22-31(40)38-16-5-9-28(38)19-34)20-24-10-12-29(13-11-24)41-17-14-26-23-42-32(35-26)25-6-2-1-3-7-25/h1-3,6-7,10-13,23,27-28H,4-5,8-9,14-17,20-22H2/t27-,28-/m0/s1. The Morgan fingerprint density at radius 3 is 2.14 bits per heavy atom. The number of hydrogen-bond donors (Lipinski definition) is 0. The van der Waals surface area contributed by atoms with Crippen LogP contribution in [-0.4, -0.2) is 76.4 Å². The molecular weight excluding hydrogens is 532 g/mol. The molecule has 42 heavy (non-hydrogen) atoms. The molecule has 0 bridgehead atoms. The topological polar surface area (TPSA) is 127 Å². The smallest absolute Gasteiger partial charge is 0.237 e. The summed E-state index contributed by atoms with van der Waals surface area (Å²) < 4.78 is 11.5. The molecule has 0 spiro atoms. The van der Waals surface area contributed by atoms with Crippen LogP contribution in [0.25, 0.3) is 11.5 Å². The average molecular weight is 567 g/mol. The fourth-order valence-electron chi connectivity index (χ4n) is 5.49. The maximum atomic E-state index is 13.1. The number of carbonyl (C=O) groups is 2. The predicted molar refractivity (Wildman–Crippen MR) is 154 cm³/mol. The number of rotatable bonds is 11. The van der Waals surface area contributed by atoms with Crippen molar-refractivity contribution in [3.05, 3.63) is 72.1 Å². The second kappa shape index (κ2) is 13.8. The Hall–Kier alpha value is -4.67. The van der Waals surface area contributed by atoms with E-state index in [0.717, 1.165) is 29.7 Å². The van der Waals surface area contributed by atoms with Crippen LogP contribution < -0.4 is 4.74 Å². The van der Waals surface area contributed by atoms with Crippen molar-refractivity contribution in [2.45, 2.75) is 50.7 Å². The van der Waals surface area contributed by atoms with E-state index in [4.69, 9.17) is 9.15 Å². The molecule has 2 aliphatic rings. The zero-order valence-electron chi connectivity index (χ0n) is 23.5. The monoisotopic (exact) mass is 566 g/mol. The van der Waals surface area contributed by atoms with Gasteiger partial charge in [0.05, 0.1) is 37.5 Å². The van der Waals surface area contributed by atoms with E-state index in [0.29, 0.717) is 57.1 Å². The fraction of sp³-hybridized carbons (Fsp3) is 0.406. The number of ether oxygens (including phenoxy) is 1. The van der Waals surface area contributed by atoms with E-state index >= 15 is 0 Å². The third-order valence-corrected chi connectivity index (χ3v) is 7.69. The molecule has 1 aromatic heterocycles. The summed E-state index contributed by atoms with van der Waals surface area (Å²) in [6.07, 6.45) is 5.18. The maximum absolute atomic E-state index is 13.1. The molecule has 0 N–H and O–H groups in total. The molecule has 2 aliphatic heterocycles. The van der Waals surface area contributed by atoms with E-state index in [9.17, 15) is 20.1 Å². The summed E-state index contributed by atoms with van der Waals surface area (Å²) in [5.41, 5.74) is 2.65. The van der Waals surface area contributed by atoms with Crippen LogP contribution in [0.4, 0.5) is 0 Å². The van der Waals surface area contributed by atoms with Gasteiger partial charge in [-0.05, 0) is 55.5 Å². The minimum atomic E-state index is -0.421. The molecule has 3 aromatic rings. The number of nitrogens with zero attached hydrogens (tertiary/aromatic N) is 6. The van der Waals surface area contributed by atoms with Crippen molar-refractivity contribution in [2.24, 2.45) is 0 Å². The molecule has 10 nitrogen and oxygen atoms in total. The van der Waals surface area contributed by atoms with Crippen LogP contribution in [0.2, 0.25) is 0 Å². The van der Waals surface area contributed by atoms with Gasteiger partial charge < -0.3 is 19.0 Å². The molecule has 216 valence electrons. The van der Waals surface area contributed by atoms with Gasteiger partial charge in [0.1, 0.15) is 24.1 Å². The Labute approximate surface area is 245 Å². The number of amides is 2. The van der Waals surface area contributed by atoms with Crippen LogP contribution in [0.1, 0.15) is 36.9 Å². The van der Waals surface area contributed by atoms with Crippen molar-refractivity contribution in [2.75, 3.05) is 32.8 Å². The van der Waals surface area contributed by atoms with Gasteiger partial charge in [0.2, 0.25) is 17.7 Å². The molecule has 5 rings (SSSR count). The van der Waals surface area contributed by atoms with Gasteiger partial charge in [-0.1, -0.05) is 30.3 Å². The first-order chi connectivity index (χ1) is 20.5. The second-order valence-corrected chi connectivity index (χ2v) is 10.6. The van der Waals surface area contributed by atoms with Gasteiger partial charge in [-0.2, -0.15) is 10.5 Å². The third-order valence-electron chi connectivity index (χ3n) is 7.69. The maximum Gasteiger partial charge on any atom is 0.237 e. The molecule has 0 radical (unpaired) electrons. The van der Waals surface area contributed by atoms with Gasteiger partial charge in [-0.15, -0.1) is 0 Å².